The Kier molecular flexibility index (Phi) is 5.89. The van der Waals surface area contributed by atoms with Crippen LogP contribution in [0.25, 0.3) is 0 Å². The first-order valence-electron chi connectivity index (χ1n) is 9.73. The van der Waals surface area contributed by atoms with Crippen molar-refractivity contribution >= 4 is 44.8 Å². The summed E-state index contributed by atoms with van der Waals surface area (Å²) >= 11 is 12.2. The summed E-state index contributed by atoms with van der Waals surface area (Å²) in [6, 6.07) is 10.7. The molecule has 1 saturated heterocycles. The third-order valence-corrected chi connectivity index (χ3v) is 8.56. The Balaban J connectivity index is 1.41. The summed E-state index contributed by atoms with van der Waals surface area (Å²) in [4.78, 5) is 12.6. The monoisotopic (exact) mass is 452 g/mol. The van der Waals surface area contributed by atoms with E-state index in [1.54, 1.807) is 6.07 Å². The number of carbonyl (C=O) groups excluding carboxylic acids is 1. The number of carbonyl (C=O) groups is 1. The number of nitrogens with zero attached hydrogens (tertiary/aromatic N) is 1. The minimum Gasteiger partial charge on any atom is -0.326 e. The molecule has 5 nitrogen and oxygen atoms in total. The van der Waals surface area contributed by atoms with Gasteiger partial charge in [-0.3, -0.25) is 4.79 Å². The van der Waals surface area contributed by atoms with Gasteiger partial charge < -0.3 is 5.32 Å². The van der Waals surface area contributed by atoms with E-state index in [4.69, 9.17) is 23.2 Å². The van der Waals surface area contributed by atoms with Crippen molar-refractivity contribution < 1.29 is 13.2 Å². The zero-order valence-corrected chi connectivity index (χ0v) is 18.2. The van der Waals surface area contributed by atoms with Crippen LogP contribution in [0.3, 0.4) is 0 Å². The highest BCUT2D eigenvalue weighted by molar-refractivity contribution is 7.89. The lowest BCUT2D eigenvalue weighted by Crippen LogP contribution is -2.41. The van der Waals surface area contributed by atoms with E-state index in [1.165, 1.54) is 27.6 Å². The number of hydrogen-bond donors (Lipinski definition) is 1. The van der Waals surface area contributed by atoms with Gasteiger partial charge in [0.25, 0.3) is 0 Å². The van der Waals surface area contributed by atoms with Gasteiger partial charge >= 0.3 is 0 Å². The first-order valence-corrected chi connectivity index (χ1v) is 11.9. The lowest BCUT2D eigenvalue weighted by Gasteiger charge is -2.31. The fourth-order valence-electron chi connectivity index (χ4n) is 4.11. The van der Waals surface area contributed by atoms with Gasteiger partial charge in [-0.1, -0.05) is 35.3 Å². The van der Waals surface area contributed by atoms with Crippen molar-refractivity contribution in [3.05, 3.63) is 57.6 Å². The number of benzene rings is 2. The summed E-state index contributed by atoms with van der Waals surface area (Å²) in [7, 11) is -3.80. The Hall–Kier alpha value is -1.60. The number of hydrogen-bond acceptors (Lipinski definition) is 3. The molecule has 0 aromatic heterocycles. The predicted octanol–water partition coefficient (Wildman–Crippen LogP) is 4.52. The summed E-state index contributed by atoms with van der Waals surface area (Å²) in [6.45, 7) is 0.512. The van der Waals surface area contributed by atoms with Gasteiger partial charge in [0, 0.05) is 24.7 Å². The molecular weight excluding hydrogens is 431 g/mol. The minimum absolute atomic E-state index is 0.0595. The lowest BCUT2D eigenvalue weighted by atomic mass is 9.97. The second kappa shape index (κ2) is 8.26. The molecule has 1 fully saturated rings. The van der Waals surface area contributed by atoms with E-state index in [-0.39, 0.29) is 39.9 Å². The molecule has 0 unspecified atom stereocenters. The second-order valence-corrected chi connectivity index (χ2v) is 10.2. The number of aryl methyl sites for hydroxylation is 2. The van der Waals surface area contributed by atoms with Crippen molar-refractivity contribution in [2.24, 2.45) is 5.92 Å². The van der Waals surface area contributed by atoms with E-state index in [1.807, 2.05) is 6.07 Å². The zero-order valence-electron chi connectivity index (χ0n) is 15.8. The third-order valence-electron chi connectivity index (χ3n) is 5.71. The first-order chi connectivity index (χ1) is 13.9. The molecule has 29 heavy (non-hydrogen) atoms. The van der Waals surface area contributed by atoms with Gasteiger partial charge in [-0.2, -0.15) is 4.31 Å². The molecule has 2 aliphatic rings. The lowest BCUT2D eigenvalue weighted by molar-refractivity contribution is -0.120. The molecule has 1 amide bonds. The fraction of sp³-hybridized carbons (Fsp3) is 0.381. The average molecular weight is 453 g/mol. The number of sulfonamides is 1. The van der Waals surface area contributed by atoms with Crippen molar-refractivity contribution in [1.29, 1.82) is 0 Å². The topological polar surface area (TPSA) is 66.5 Å². The van der Waals surface area contributed by atoms with Crippen LogP contribution in [0.2, 0.25) is 10.0 Å². The number of piperidine rings is 1. The quantitative estimate of drug-likeness (QED) is 0.740. The van der Waals surface area contributed by atoms with Crippen LogP contribution in [0.5, 0.6) is 0 Å². The van der Waals surface area contributed by atoms with Gasteiger partial charge in [0.1, 0.15) is 4.90 Å². The maximum absolute atomic E-state index is 13.0. The van der Waals surface area contributed by atoms with E-state index in [0.29, 0.717) is 12.8 Å². The molecule has 0 spiro atoms. The number of fused-ring (bicyclic) bond motifs is 1. The maximum Gasteiger partial charge on any atom is 0.246 e. The molecule has 1 N–H and O–H groups in total. The number of anilines is 1. The molecule has 4 rings (SSSR count). The van der Waals surface area contributed by atoms with Crippen LogP contribution < -0.4 is 5.32 Å². The summed E-state index contributed by atoms with van der Waals surface area (Å²) in [5, 5.41) is 3.21. The smallest absolute Gasteiger partial charge is 0.246 e. The fourth-order valence-corrected chi connectivity index (χ4v) is 6.67. The first kappa shape index (κ1) is 20.7. The highest BCUT2D eigenvalue weighted by Gasteiger charge is 2.34. The van der Waals surface area contributed by atoms with Crippen LogP contribution in [0.1, 0.15) is 30.4 Å². The summed E-state index contributed by atoms with van der Waals surface area (Å²) in [5.74, 6) is -0.285. The minimum atomic E-state index is -3.80. The van der Waals surface area contributed by atoms with Gasteiger partial charge in [0.15, 0.2) is 0 Å². The Bertz CT molecular complexity index is 1030. The van der Waals surface area contributed by atoms with Crippen LogP contribution in [0, 0.1) is 5.92 Å². The van der Waals surface area contributed by atoms with Crippen molar-refractivity contribution in [2.75, 3.05) is 18.4 Å². The Morgan fingerprint density at radius 2 is 1.66 bits per heavy atom. The van der Waals surface area contributed by atoms with Crippen LogP contribution in [-0.2, 0) is 27.7 Å². The highest BCUT2D eigenvalue weighted by Crippen LogP contribution is 2.33. The van der Waals surface area contributed by atoms with E-state index in [0.717, 1.165) is 24.9 Å². The second-order valence-electron chi connectivity index (χ2n) is 7.56. The molecule has 1 aliphatic heterocycles. The van der Waals surface area contributed by atoms with Gasteiger partial charge in [0.2, 0.25) is 15.9 Å². The molecule has 154 valence electrons. The Morgan fingerprint density at radius 1 is 1.00 bits per heavy atom. The van der Waals surface area contributed by atoms with Crippen molar-refractivity contribution in [2.45, 2.75) is 37.0 Å². The highest BCUT2D eigenvalue weighted by atomic mass is 35.5. The van der Waals surface area contributed by atoms with Gasteiger partial charge in [0.05, 0.1) is 10.0 Å². The van der Waals surface area contributed by atoms with E-state index >= 15 is 0 Å². The normalized spacial score (nSPS) is 17.9. The average Bonchev–Trinajstić information content (AvgIpc) is 3.15. The van der Waals surface area contributed by atoms with Gasteiger partial charge in [-0.15, -0.1) is 0 Å². The van der Waals surface area contributed by atoms with E-state index in [9.17, 15) is 13.2 Å². The Labute approximate surface area is 181 Å². The van der Waals surface area contributed by atoms with Gasteiger partial charge in [-0.05, 0) is 67.5 Å². The summed E-state index contributed by atoms with van der Waals surface area (Å²) in [6.07, 6.45) is 4.23. The summed E-state index contributed by atoms with van der Waals surface area (Å²) in [5.41, 5.74) is 3.48. The standard InChI is InChI=1S/C21H22Cl2N2O3S/c22-18-5-2-6-19(23)20(18)29(27,28)25-11-9-15(10-12-25)21(26)24-17-8-7-14-3-1-4-16(14)13-17/h2,5-8,13,15H,1,3-4,9-12H2,(H,24,26). The molecule has 2 aromatic rings. The van der Waals surface area contributed by atoms with Crippen molar-refractivity contribution in [3.63, 3.8) is 0 Å². The molecule has 2 aromatic carbocycles. The van der Waals surface area contributed by atoms with Crippen LogP contribution in [-0.4, -0.2) is 31.7 Å². The number of amides is 1. The SMILES string of the molecule is O=C(Nc1ccc2c(c1)CCC2)C1CCN(S(=O)(=O)c2c(Cl)cccc2Cl)CC1. The van der Waals surface area contributed by atoms with Crippen LogP contribution in [0.15, 0.2) is 41.3 Å². The molecule has 8 heteroatoms. The van der Waals surface area contributed by atoms with Crippen molar-refractivity contribution in [3.8, 4) is 0 Å². The predicted molar refractivity (Wildman–Crippen MR) is 115 cm³/mol. The molecular formula is C21H22Cl2N2O3S. The number of halogens is 2. The van der Waals surface area contributed by atoms with Crippen LogP contribution in [0.4, 0.5) is 5.69 Å². The third kappa shape index (κ3) is 4.17. The van der Waals surface area contributed by atoms with Crippen molar-refractivity contribution in [1.82, 2.24) is 4.31 Å². The number of rotatable bonds is 4. The molecule has 0 bridgehead atoms. The molecule has 1 heterocycles. The molecule has 1 aliphatic carbocycles. The molecule has 0 radical (unpaired) electrons. The zero-order chi connectivity index (χ0) is 20.6. The molecule has 0 atom stereocenters. The van der Waals surface area contributed by atoms with E-state index < -0.39 is 10.0 Å². The van der Waals surface area contributed by atoms with Crippen LogP contribution >= 0.6 is 23.2 Å². The molecule has 0 saturated carbocycles. The summed E-state index contributed by atoms with van der Waals surface area (Å²) < 4.78 is 27.3. The maximum atomic E-state index is 13.0. The Morgan fingerprint density at radius 3 is 2.34 bits per heavy atom. The number of nitrogens with one attached hydrogen (secondary N) is 1. The van der Waals surface area contributed by atoms with E-state index in [2.05, 4.69) is 17.4 Å². The van der Waals surface area contributed by atoms with Gasteiger partial charge in [-0.25, -0.2) is 8.42 Å². The largest absolute Gasteiger partial charge is 0.326 e.